The predicted octanol–water partition coefficient (Wildman–Crippen LogP) is -0.444. The van der Waals surface area contributed by atoms with E-state index in [-0.39, 0.29) is 11.4 Å². The Labute approximate surface area is 67.5 Å². The summed E-state index contributed by atoms with van der Waals surface area (Å²) in [5, 5.41) is 12.4. The van der Waals surface area contributed by atoms with E-state index in [2.05, 4.69) is 5.10 Å². The molecule has 0 fully saturated rings. The summed E-state index contributed by atoms with van der Waals surface area (Å²) < 4.78 is 6.53. The standard InChI is InChI=1S/C6H7N3O3/c7-3-4(6(10)11)8-9-1-2-12-5(3)9/h1-2,7H2,(H,10,11). The Balaban J connectivity index is 2.54. The number of carboxylic acids is 1. The van der Waals surface area contributed by atoms with E-state index in [1.54, 1.807) is 0 Å². The molecule has 0 atom stereocenters. The highest BCUT2D eigenvalue weighted by Gasteiger charge is 2.24. The monoisotopic (exact) mass is 169 g/mol. The second kappa shape index (κ2) is 2.13. The quantitative estimate of drug-likeness (QED) is 0.594. The molecule has 1 aliphatic heterocycles. The zero-order valence-corrected chi connectivity index (χ0v) is 6.15. The van der Waals surface area contributed by atoms with Crippen LogP contribution in [0, 0.1) is 0 Å². The van der Waals surface area contributed by atoms with Gasteiger partial charge in [-0.05, 0) is 0 Å². The van der Waals surface area contributed by atoms with Gasteiger partial charge in [0.25, 0.3) is 0 Å². The Morgan fingerprint density at radius 1 is 1.75 bits per heavy atom. The molecule has 0 radical (unpaired) electrons. The molecular weight excluding hydrogens is 162 g/mol. The fraction of sp³-hybridized carbons (Fsp3) is 0.333. The molecule has 2 heterocycles. The first-order chi connectivity index (χ1) is 5.70. The molecule has 64 valence electrons. The molecule has 0 unspecified atom stereocenters. The average molecular weight is 169 g/mol. The van der Waals surface area contributed by atoms with Gasteiger partial charge in [0, 0.05) is 0 Å². The summed E-state index contributed by atoms with van der Waals surface area (Å²) in [6, 6.07) is 0. The maximum Gasteiger partial charge on any atom is 0.358 e. The number of hydrogen-bond acceptors (Lipinski definition) is 4. The molecule has 0 aliphatic carbocycles. The SMILES string of the molecule is Nc1c(C(=O)O)nn2c1OCC2. The maximum atomic E-state index is 10.5. The van der Waals surface area contributed by atoms with Gasteiger partial charge in [0.1, 0.15) is 12.3 Å². The first-order valence-corrected chi connectivity index (χ1v) is 3.42. The van der Waals surface area contributed by atoms with Crippen LogP contribution in [0.25, 0.3) is 0 Å². The Morgan fingerprint density at radius 2 is 2.50 bits per heavy atom. The summed E-state index contributed by atoms with van der Waals surface area (Å²) in [4.78, 5) is 10.5. The number of aromatic nitrogens is 2. The average Bonchev–Trinajstić information content (AvgIpc) is 2.53. The summed E-state index contributed by atoms with van der Waals surface area (Å²) in [6.45, 7) is 1.07. The van der Waals surface area contributed by atoms with Gasteiger partial charge in [0.2, 0.25) is 5.88 Å². The number of rotatable bonds is 1. The summed E-state index contributed by atoms with van der Waals surface area (Å²) in [5.41, 5.74) is 5.44. The van der Waals surface area contributed by atoms with Gasteiger partial charge in [-0.3, -0.25) is 0 Å². The lowest BCUT2D eigenvalue weighted by atomic mass is 10.4. The normalized spacial score (nSPS) is 14.0. The maximum absolute atomic E-state index is 10.5. The molecule has 0 bridgehead atoms. The van der Waals surface area contributed by atoms with Gasteiger partial charge in [-0.25, -0.2) is 9.48 Å². The fourth-order valence-electron chi connectivity index (χ4n) is 1.15. The molecule has 0 aromatic carbocycles. The van der Waals surface area contributed by atoms with Crippen LogP contribution in [0.5, 0.6) is 5.88 Å². The minimum atomic E-state index is -1.13. The third kappa shape index (κ3) is 0.744. The van der Waals surface area contributed by atoms with Crippen LogP contribution in [-0.4, -0.2) is 27.5 Å². The second-order valence-corrected chi connectivity index (χ2v) is 2.44. The van der Waals surface area contributed by atoms with Crippen molar-refractivity contribution < 1.29 is 14.6 Å². The number of anilines is 1. The van der Waals surface area contributed by atoms with Gasteiger partial charge >= 0.3 is 5.97 Å². The first kappa shape index (κ1) is 6.96. The number of nitrogens with zero attached hydrogens (tertiary/aromatic N) is 2. The largest absolute Gasteiger partial charge is 0.476 e. The summed E-state index contributed by atoms with van der Waals surface area (Å²) in [5.74, 6) is -0.759. The van der Waals surface area contributed by atoms with Crippen molar-refractivity contribution in [2.75, 3.05) is 12.3 Å². The molecule has 1 aliphatic rings. The van der Waals surface area contributed by atoms with Crippen molar-refractivity contribution >= 4 is 11.7 Å². The fourth-order valence-corrected chi connectivity index (χ4v) is 1.15. The van der Waals surface area contributed by atoms with Gasteiger partial charge < -0.3 is 15.6 Å². The highest BCUT2D eigenvalue weighted by molar-refractivity contribution is 5.92. The molecular formula is C6H7N3O3. The Hall–Kier alpha value is -1.72. The number of carboxylic acid groups (broad SMARTS) is 1. The Bertz CT molecular complexity index is 344. The predicted molar refractivity (Wildman–Crippen MR) is 39.1 cm³/mol. The number of fused-ring (bicyclic) bond motifs is 1. The van der Waals surface area contributed by atoms with E-state index in [1.165, 1.54) is 4.68 Å². The summed E-state index contributed by atoms with van der Waals surface area (Å²) in [7, 11) is 0. The van der Waals surface area contributed by atoms with E-state index in [1.807, 2.05) is 0 Å². The van der Waals surface area contributed by atoms with Gasteiger partial charge in [-0.15, -0.1) is 0 Å². The number of hydrogen-bond donors (Lipinski definition) is 2. The van der Waals surface area contributed by atoms with Crippen molar-refractivity contribution in [1.82, 2.24) is 9.78 Å². The van der Waals surface area contributed by atoms with E-state index in [0.717, 1.165) is 0 Å². The highest BCUT2D eigenvalue weighted by atomic mass is 16.5. The van der Waals surface area contributed by atoms with E-state index >= 15 is 0 Å². The Morgan fingerprint density at radius 3 is 3.08 bits per heavy atom. The zero-order chi connectivity index (χ0) is 8.72. The molecule has 1 aromatic rings. The van der Waals surface area contributed by atoms with Crippen molar-refractivity contribution in [3.63, 3.8) is 0 Å². The molecule has 3 N–H and O–H groups in total. The van der Waals surface area contributed by atoms with Crippen molar-refractivity contribution in [3.8, 4) is 5.88 Å². The summed E-state index contributed by atoms with van der Waals surface area (Å²) >= 11 is 0. The lowest BCUT2D eigenvalue weighted by Crippen LogP contribution is -2.05. The lowest BCUT2D eigenvalue weighted by molar-refractivity contribution is 0.0690. The van der Waals surface area contributed by atoms with Crippen molar-refractivity contribution in [3.05, 3.63) is 5.69 Å². The number of nitrogen functional groups attached to an aromatic ring is 1. The minimum absolute atomic E-state index is 0.111. The van der Waals surface area contributed by atoms with E-state index in [0.29, 0.717) is 19.0 Å². The molecule has 0 spiro atoms. The zero-order valence-electron chi connectivity index (χ0n) is 6.15. The number of carbonyl (C=O) groups is 1. The molecule has 0 saturated carbocycles. The minimum Gasteiger partial charge on any atom is -0.476 e. The van der Waals surface area contributed by atoms with Gasteiger partial charge in [-0.1, -0.05) is 0 Å². The topological polar surface area (TPSA) is 90.4 Å². The van der Waals surface area contributed by atoms with Gasteiger partial charge in [0.15, 0.2) is 5.69 Å². The molecule has 12 heavy (non-hydrogen) atoms. The third-order valence-corrected chi connectivity index (χ3v) is 1.69. The molecule has 0 amide bonds. The molecule has 0 saturated heterocycles. The Kier molecular flexibility index (Phi) is 1.24. The van der Waals surface area contributed by atoms with E-state index in [4.69, 9.17) is 15.6 Å². The van der Waals surface area contributed by atoms with Crippen LogP contribution in [0.4, 0.5) is 5.69 Å². The highest BCUT2D eigenvalue weighted by Crippen LogP contribution is 2.28. The van der Waals surface area contributed by atoms with Crippen LogP contribution < -0.4 is 10.5 Å². The number of nitrogens with two attached hydrogens (primary N) is 1. The van der Waals surface area contributed by atoms with Gasteiger partial charge in [-0.2, -0.15) is 5.10 Å². The van der Waals surface area contributed by atoms with Crippen LogP contribution in [0.15, 0.2) is 0 Å². The number of ether oxygens (including phenoxy) is 1. The lowest BCUT2D eigenvalue weighted by Gasteiger charge is -1.93. The first-order valence-electron chi connectivity index (χ1n) is 3.42. The van der Waals surface area contributed by atoms with Crippen molar-refractivity contribution in [2.24, 2.45) is 0 Å². The van der Waals surface area contributed by atoms with E-state index in [9.17, 15) is 4.79 Å². The van der Waals surface area contributed by atoms with Crippen LogP contribution in [0.1, 0.15) is 10.5 Å². The van der Waals surface area contributed by atoms with Gasteiger partial charge in [0.05, 0.1) is 6.54 Å². The van der Waals surface area contributed by atoms with E-state index < -0.39 is 5.97 Å². The third-order valence-electron chi connectivity index (χ3n) is 1.69. The second-order valence-electron chi connectivity index (χ2n) is 2.44. The number of aromatic carboxylic acids is 1. The molecule has 1 aromatic heterocycles. The molecule has 2 rings (SSSR count). The molecule has 6 heteroatoms. The van der Waals surface area contributed by atoms with Crippen LogP contribution in [-0.2, 0) is 6.54 Å². The van der Waals surface area contributed by atoms with Crippen molar-refractivity contribution in [2.45, 2.75) is 6.54 Å². The van der Waals surface area contributed by atoms with Crippen LogP contribution in [0.2, 0.25) is 0 Å². The molecule has 6 nitrogen and oxygen atoms in total. The van der Waals surface area contributed by atoms with Crippen molar-refractivity contribution in [1.29, 1.82) is 0 Å². The smallest absolute Gasteiger partial charge is 0.358 e. The summed E-state index contributed by atoms with van der Waals surface area (Å²) in [6.07, 6.45) is 0. The van der Waals surface area contributed by atoms with Crippen LogP contribution in [0.3, 0.4) is 0 Å². The van der Waals surface area contributed by atoms with Crippen LogP contribution >= 0.6 is 0 Å².